The molecule has 1 aliphatic rings. The summed E-state index contributed by atoms with van der Waals surface area (Å²) in [7, 11) is 0. The molecule has 7 nitrogen and oxygen atoms in total. The maximum Gasteiger partial charge on any atom is 0.330 e. The largest absolute Gasteiger partial charge is 0.394 e. The first-order valence-corrected chi connectivity index (χ1v) is 4.53. The van der Waals surface area contributed by atoms with Crippen molar-refractivity contribution in [2.24, 2.45) is 0 Å². The summed E-state index contributed by atoms with van der Waals surface area (Å²) >= 11 is 0. The Balaban J connectivity index is 2.59. The van der Waals surface area contributed by atoms with E-state index in [2.05, 4.69) is 0 Å². The van der Waals surface area contributed by atoms with Crippen LogP contribution in [0.3, 0.4) is 0 Å². The van der Waals surface area contributed by atoms with Crippen LogP contribution in [0.5, 0.6) is 0 Å². The summed E-state index contributed by atoms with van der Waals surface area (Å²) in [6.45, 7) is -0.709. The van der Waals surface area contributed by atoms with Crippen LogP contribution in [0.15, 0.2) is 21.9 Å². The van der Waals surface area contributed by atoms with Crippen molar-refractivity contribution in [2.45, 2.75) is 24.8 Å². The molecule has 0 spiro atoms. The molecule has 16 heavy (non-hydrogen) atoms. The Morgan fingerprint density at radius 3 is 3.06 bits per heavy atom. The van der Waals surface area contributed by atoms with Crippen LogP contribution in [-0.4, -0.2) is 38.6 Å². The van der Waals surface area contributed by atoms with Gasteiger partial charge in [0.05, 0.1) is 14.1 Å². The summed E-state index contributed by atoms with van der Waals surface area (Å²) in [5, 5.41) is 18.7. The second-order valence-corrected chi connectivity index (χ2v) is 3.21. The van der Waals surface area contributed by atoms with Crippen LogP contribution < -0.4 is 11.2 Å². The van der Waals surface area contributed by atoms with E-state index < -0.39 is 42.6 Å². The van der Waals surface area contributed by atoms with Gasteiger partial charge in [-0.2, -0.15) is 0 Å². The highest BCUT2D eigenvalue weighted by Gasteiger charge is 2.34. The number of H-pyrrole nitrogens is 1. The Hall–Kier alpha value is -1.44. The van der Waals surface area contributed by atoms with Crippen molar-refractivity contribution in [3.05, 3.63) is 33.1 Å². The van der Waals surface area contributed by atoms with E-state index in [0.717, 1.165) is 12.3 Å². The molecule has 0 amide bonds. The Kier molecular flexibility index (Phi) is 2.04. The fourth-order valence-electron chi connectivity index (χ4n) is 1.30. The molecule has 2 rings (SSSR count). The zero-order chi connectivity index (χ0) is 14.4. The van der Waals surface area contributed by atoms with E-state index in [9.17, 15) is 14.7 Å². The van der Waals surface area contributed by atoms with E-state index in [1.54, 1.807) is 0 Å². The van der Waals surface area contributed by atoms with Crippen molar-refractivity contribution in [2.75, 3.05) is 6.61 Å². The Bertz CT molecular complexity index is 600. The number of aromatic amines is 1. The van der Waals surface area contributed by atoms with Gasteiger partial charge in [-0.05, 0) is 0 Å². The highest BCUT2D eigenvalue weighted by molar-refractivity contribution is 4.88. The van der Waals surface area contributed by atoms with Gasteiger partial charge in [0.2, 0.25) is 0 Å². The first-order chi connectivity index (χ1) is 8.74. The fourth-order valence-corrected chi connectivity index (χ4v) is 1.30. The van der Waals surface area contributed by atoms with Gasteiger partial charge in [-0.15, -0.1) is 0 Å². The molecular weight excluding hydrogens is 216 g/mol. The minimum absolute atomic E-state index is 0.521. The molecule has 1 fully saturated rings. The molecular formula is C9H12N2O5. The van der Waals surface area contributed by atoms with Gasteiger partial charge in [0, 0.05) is 21.4 Å². The maximum absolute atomic E-state index is 11.6. The van der Waals surface area contributed by atoms with Crippen molar-refractivity contribution in [3.63, 3.8) is 0 Å². The number of nitrogens with one attached hydrogen (secondary N) is 1. The van der Waals surface area contributed by atoms with E-state index >= 15 is 0 Å². The van der Waals surface area contributed by atoms with E-state index in [4.69, 9.17) is 14.0 Å². The maximum atomic E-state index is 11.6. The van der Waals surface area contributed by atoms with Gasteiger partial charge in [-0.25, -0.2) is 4.79 Å². The van der Waals surface area contributed by atoms with Crippen LogP contribution in [0.1, 0.15) is 16.7 Å². The summed E-state index contributed by atoms with van der Waals surface area (Å²) in [4.78, 5) is 24.4. The summed E-state index contributed by atoms with van der Waals surface area (Å²) in [5.74, 6) is 0. The molecule has 7 heteroatoms. The lowest BCUT2D eigenvalue weighted by Gasteiger charge is -2.13. The van der Waals surface area contributed by atoms with Gasteiger partial charge in [-0.1, -0.05) is 0 Å². The van der Waals surface area contributed by atoms with E-state index in [1.165, 1.54) is 0 Å². The first kappa shape index (κ1) is 7.77. The number of aliphatic hydroxyl groups excluding tert-OH is 2. The molecule has 0 bridgehead atoms. The minimum atomic E-state index is -2.65. The number of nitrogens with zero attached hydrogens (tertiary/aromatic N) is 1. The van der Waals surface area contributed by atoms with Crippen molar-refractivity contribution in [1.82, 2.24) is 9.55 Å². The molecule has 1 aliphatic heterocycles. The van der Waals surface area contributed by atoms with Gasteiger partial charge < -0.3 is 14.9 Å². The summed E-state index contributed by atoms with van der Waals surface area (Å²) < 4.78 is 28.9. The van der Waals surface area contributed by atoms with Crippen LogP contribution in [0.25, 0.3) is 0 Å². The molecule has 0 saturated carbocycles. The molecule has 0 aromatic carbocycles. The average Bonchev–Trinajstić information content (AvgIpc) is 2.50. The lowest BCUT2D eigenvalue weighted by atomic mass is 10.2. The standard InChI is InChI=1S/C9H12N2O5/c12-4-6-5(13)3-8(16-6)11-2-1-7(14)10-9(11)15/h1-2,5-6,8,12-13H,3-4H2,(H,10,14,15)/t5-,6+,8+/m0/s1/i3D2,8D. The predicted molar refractivity (Wildman–Crippen MR) is 52.9 cm³/mol. The quantitative estimate of drug-likeness (QED) is 0.555. The third-order valence-electron chi connectivity index (χ3n) is 2.11. The Morgan fingerprint density at radius 2 is 2.50 bits per heavy atom. The number of hydrogen-bond acceptors (Lipinski definition) is 5. The number of ether oxygens (including phenoxy) is 1. The molecule has 0 unspecified atom stereocenters. The van der Waals surface area contributed by atoms with E-state index in [-0.39, 0.29) is 0 Å². The van der Waals surface area contributed by atoms with Gasteiger partial charge in [0.1, 0.15) is 12.3 Å². The van der Waals surface area contributed by atoms with Crippen LogP contribution in [0.4, 0.5) is 0 Å². The van der Waals surface area contributed by atoms with Gasteiger partial charge in [-0.3, -0.25) is 14.3 Å². The molecule has 1 saturated heterocycles. The molecule has 0 radical (unpaired) electrons. The van der Waals surface area contributed by atoms with Crippen LogP contribution in [0, 0.1) is 0 Å². The topological polar surface area (TPSA) is 105 Å². The average molecular weight is 231 g/mol. The first-order valence-electron chi connectivity index (χ1n) is 6.03. The van der Waals surface area contributed by atoms with Crippen molar-refractivity contribution < 1.29 is 19.1 Å². The second-order valence-electron chi connectivity index (χ2n) is 3.21. The molecule has 3 atom stereocenters. The van der Waals surface area contributed by atoms with Crippen LogP contribution >= 0.6 is 0 Å². The second kappa shape index (κ2) is 4.20. The van der Waals surface area contributed by atoms with Gasteiger partial charge >= 0.3 is 5.69 Å². The van der Waals surface area contributed by atoms with E-state index in [1.807, 2.05) is 4.98 Å². The lowest BCUT2D eigenvalue weighted by Crippen LogP contribution is -2.31. The van der Waals surface area contributed by atoms with E-state index in [0.29, 0.717) is 4.57 Å². The highest BCUT2D eigenvalue weighted by Crippen LogP contribution is 2.26. The molecule has 3 N–H and O–H groups in total. The van der Waals surface area contributed by atoms with Crippen molar-refractivity contribution in [1.29, 1.82) is 0 Å². The van der Waals surface area contributed by atoms with Crippen molar-refractivity contribution in [3.8, 4) is 0 Å². The Labute approximate surface area is 94.1 Å². The predicted octanol–water partition coefficient (Wildman–Crippen LogP) is -1.82. The molecule has 1 aromatic heterocycles. The summed E-state index contributed by atoms with van der Waals surface area (Å²) in [6, 6.07) is 0.926. The SMILES string of the molecule is [2H]C1([2H])[C@H](O)[C@@H](CO)O[C@@]1([2H])n1ccc(=O)[nH]c1=O. The van der Waals surface area contributed by atoms with Gasteiger partial charge in [0.25, 0.3) is 5.56 Å². The molecule has 2 heterocycles. The fraction of sp³-hybridized carbons (Fsp3) is 0.556. The third kappa shape index (κ3) is 1.92. The number of aromatic nitrogens is 2. The molecule has 0 aliphatic carbocycles. The summed E-state index contributed by atoms with van der Waals surface area (Å²) in [6.07, 6.45) is -7.46. The normalized spacial score (nSPS) is 40.0. The van der Waals surface area contributed by atoms with Crippen LogP contribution in [0.2, 0.25) is 0 Å². The zero-order valence-corrected chi connectivity index (χ0v) is 8.08. The Morgan fingerprint density at radius 1 is 1.75 bits per heavy atom. The third-order valence-corrected chi connectivity index (χ3v) is 2.11. The smallest absolute Gasteiger partial charge is 0.330 e. The monoisotopic (exact) mass is 231 g/mol. The van der Waals surface area contributed by atoms with Crippen LogP contribution in [-0.2, 0) is 4.74 Å². The lowest BCUT2D eigenvalue weighted by molar-refractivity contribution is -0.0459. The number of aliphatic hydroxyl groups is 2. The zero-order valence-electron chi connectivity index (χ0n) is 11.1. The number of rotatable bonds is 2. The molecule has 1 aromatic rings. The number of hydrogen-bond donors (Lipinski definition) is 3. The highest BCUT2D eigenvalue weighted by atomic mass is 16.5. The van der Waals surface area contributed by atoms with Crippen molar-refractivity contribution >= 4 is 0 Å². The van der Waals surface area contributed by atoms with Gasteiger partial charge in [0.15, 0.2) is 0 Å². The summed E-state index contributed by atoms with van der Waals surface area (Å²) in [5.41, 5.74) is -1.75. The minimum Gasteiger partial charge on any atom is -0.394 e. The molecule has 88 valence electrons.